The third-order valence-electron chi connectivity index (χ3n) is 3.87. The van der Waals surface area contributed by atoms with Crippen LogP contribution in [0.3, 0.4) is 0 Å². The van der Waals surface area contributed by atoms with Crippen LogP contribution < -0.4 is 10.6 Å². The summed E-state index contributed by atoms with van der Waals surface area (Å²) in [5, 5.41) is 5.02. The lowest BCUT2D eigenvalue weighted by Crippen LogP contribution is -2.25. The molecule has 0 atom stereocenters. The second kappa shape index (κ2) is 9.80. The number of amides is 2. The van der Waals surface area contributed by atoms with Gasteiger partial charge in [0.25, 0.3) is 21.9 Å². The molecule has 9 nitrogen and oxygen atoms in total. The minimum atomic E-state index is -4.38. The maximum absolute atomic E-state index is 12.3. The summed E-state index contributed by atoms with van der Waals surface area (Å²) in [5.74, 6) is -0.805. The number of rotatable bonds is 8. The van der Waals surface area contributed by atoms with E-state index >= 15 is 0 Å². The van der Waals surface area contributed by atoms with Crippen LogP contribution in [0.2, 0.25) is 0 Å². The summed E-state index contributed by atoms with van der Waals surface area (Å²) in [6.07, 6.45) is 7.94. The van der Waals surface area contributed by atoms with E-state index in [0.29, 0.717) is 16.6 Å². The standard InChI is InChI=1S/C19H22N4O5S/c1-3-4-5-6-7-14(29(26,27)28)10-11-21-19(25)17-22-15-9-8-13(18(24)20-2)12-16(15)23-17/h3-6,8-10,12H,7,11H2,1-2H3,(H,20,24)(H,21,25)(H,22,23)(H,26,27,28). The number of aromatic amines is 1. The molecule has 1 aromatic carbocycles. The average Bonchev–Trinajstić information content (AvgIpc) is 3.11. The number of nitrogens with one attached hydrogen (secondary N) is 3. The molecule has 2 amide bonds. The van der Waals surface area contributed by atoms with E-state index in [1.165, 1.54) is 13.1 Å². The van der Waals surface area contributed by atoms with E-state index in [0.717, 1.165) is 0 Å². The van der Waals surface area contributed by atoms with Crippen LogP contribution in [0.25, 0.3) is 11.0 Å². The van der Waals surface area contributed by atoms with Crippen molar-refractivity contribution in [3.05, 3.63) is 64.9 Å². The molecule has 1 heterocycles. The summed E-state index contributed by atoms with van der Waals surface area (Å²) in [7, 11) is -2.86. The Morgan fingerprint density at radius 2 is 2.00 bits per heavy atom. The van der Waals surface area contributed by atoms with Crippen LogP contribution >= 0.6 is 0 Å². The van der Waals surface area contributed by atoms with Gasteiger partial charge in [0.2, 0.25) is 0 Å². The van der Waals surface area contributed by atoms with Crippen molar-refractivity contribution in [2.45, 2.75) is 13.3 Å². The number of benzene rings is 1. The van der Waals surface area contributed by atoms with Gasteiger partial charge in [-0.2, -0.15) is 8.42 Å². The smallest absolute Gasteiger partial charge is 0.290 e. The predicted molar refractivity (Wildman–Crippen MR) is 110 cm³/mol. The quantitative estimate of drug-likeness (QED) is 0.381. The van der Waals surface area contributed by atoms with Gasteiger partial charge >= 0.3 is 0 Å². The van der Waals surface area contributed by atoms with E-state index in [-0.39, 0.29) is 29.6 Å². The third kappa shape index (κ3) is 6.13. The van der Waals surface area contributed by atoms with Crippen LogP contribution in [-0.4, -0.2) is 48.3 Å². The van der Waals surface area contributed by atoms with Crippen molar-refractivity contribution < 1.29 is 22.6 Å². The molecule has 154 valence electrons. The third-order valence-corrected chi connectivity index (χ3v) is 4.86. The van der Waals surface area contributed by atoms with Crippen molar-refractivity contribution in [2.75, 3.05) is 13.6 Å². The number of fused-ring (bicyclic) bond motifs is 1. The lowest BCUT2D eigenvalue weighted by atomic mass is 10.2. The Balaban J connectivity index is 2.10. The van der Waals surface area contributed by atoms with Gasteiger partial charge in [-0.1, -0.05) is 24.3 Å². The highest BCUT2D eigenvalue weighted by molar-refractivity contribution is 7.89. The van der Waals surface area contributed by atoms with Gasteiger partial charge in [0.05, 0.1) is 15.9 Å². The molecule has 2 rings (SSSR count). The number of allylic oxidation sites excluding steroid dienone is 5. The number of H-pyrrole nitrogens is 1. The Morgan fingerprint density at radius 1 is 1.24 bits per heavy atom. The average molecular weight is 418 g/mol. The molecule has 0 aliphatic rings. The summed E-state index contributed by atoms with van der Waals surface area (Å²) in [6.45, 7) is 1.70. The number of carbonyl (C=O) groups excluding carboxylic acids is 2. The van der Waals surface area contributed by atoms with E-state index < -0.39 is 16.0 Å². The van der Waals surface area contributed by atoms with Crippen molar-refractivity contribution in [2.24, 2.45) is 0 Å². The molecule has 0 aliphatic carbocycles. The highest BCUT2D eigenvalue weighted by atomic mass is 32.2. The van der Waals surface area contributed by atoms with Crippen LogP contribution in [0.1, 0.15) is 34.3 Å². The fraction of sp³-hybridized carbons (Fsp3) is 0.211. The molecule has 2 aromatic rings. The number of hydrogen-bond donors (Lipinski definition) is 4. The molecular formula is C19H22N4O5S. The summed E-state index contributed by atoms with van der Waals surface area (Å²) in [6, 6.07) is 4.78. The van der Waals surface area contributed by atoms with Gasteiger partial charge < -0.3 is 15.6 Å². The normalized spacial score (nSPS) is 12.7. The summed E-state index contributed by atoms with van der Waals surface area (Å²) >= 11 is 0. The second-order valence-electron chi connectivity index (χ2n) is 5.91. The summed E-state index contributed by atoms with van der Waals surface area (Å²) in [4.78, 5) is 30.7. The molecule has 0 fully saturated rings. The lowest BCUT2D eigenvalue weighted by molar-refractivity contribution is 0.0945. The predicted octanol–water partition coefficient (Wildman–Crippen LogP) is 1.95. The monoisotopic (exact) mass is 418 g/mol. The number of nitrogens with zero attached hydrogens (tertiary/aromatic N) is 1. The molecule has 0 bridgehead atoms. The van der Waals surface area contributed by atoms with E-state index in [9.17, 15) is 22.6 Å². The van der Waals surface area contributed by atoms with Gasteiger partial charge in [-0.05, 0) is 31.2 Å². The molecule has 0 aliphatic heterocycles. The molecule has 0 unspecified atom stereocenters. The highest BCUT2D eigenvalue weighted by Gasteiger charge is 2.14. The first-order valence-corrected chi connectivity index (χ1v) is 10.1. The molecule has 0 radical (unpaired) electrons. The van der Waals surface area contributed by atoms with Crippen molar-refractivity contribution in [1.82, 2.24) is 20.6 Å². The van der Waals surface area contributed by atoms with E-state index in [4.69, 9.17) is 0 Å². The van der Waals surface area contributed by atoms with Gasteiger partial charge in [0, 0.05) is 25.6 Å². The number of hydrogen-bond acceptors (Lipinski definition) is 5. The van der Waals surface area contributed by atoms with Crippen molar-refractivity contribution >= 4 is 33.0 Å². The fourth-order valence-electron chi connectivity index (χ4n) is 2.41. The zero-order valence-corrected chi connectivity index (χ0v) is 16.8. The number of aromatic nitrogens is 2. The largest absolute Gasteiger partial charge is 0.355 e. The molecular weight excluding hydrogens is 396 g/mol. The van der Waals surface area contributed by atoms with Crippen LogP contribution in [0.5, 0.6) is 0 Å². The molecule has 1 aromatic heterocycles. The SMILES string of the molecule is CC=CC=CCC(=CCNC(=O)c1nc2ccc(C(=O)NC)cc2[nH]1)S(=O)(=O)O. The molecule has 10 heteroatoms. The van der Waals surface area contributed by atoms with E-state index in [1.807, 2.05) is 6.92 Å². The first kappa shape index (κ1) is 22.1. The van der Waals surface area contributed by atoms with Gasteiger partial charge in [0.1, 0.15) is 0 Å². The second-order valence-corrected chi connectivity index (χ2v) is 7.38. The van der Waals surface area contributed by atoms with Crippen molar-refractivity contribution in [1.29, 1.82) is 0 Å². The molecule has 0 spiro atoms. The molecule has 29 heavy (non-hydrogen) atoms. The fourth-order valence-corrected chi connectivity index (χ4v) is 3.01. The van der Waals surface area contributed by atoms with E-state index in [1.54, 1.807) is 42.5 Å². The Hall–Kier alpha value is -3.24. The van der Waals surface area contributed by atoms with Crippen LogP contribution in [-0.2, 0) is 10.1 Å². The summed E-state index contributed by atoms with van der Waals surface area (Å²) in [5.41, 5.74) is 1.44. The van der Waals surface area contributed by atoms with Crippen LogP contribution in [0.15, 0.2) is 53.5 Å². The van der Waals surface area contributed by atoms with E-state index in [2.05, 4.69) is 20.6 Å². The highest BCUT2D eigenvalue weighted by Crippen LogP contribution is 2.14. The molecule has 0 saturated heterocycles. The van der Waals surface area contributed by atoms with Crippen molar-refractivity contribution in [3.8, 4) is 0 Å². The summed E-state index contributed by atoms with van der Waals surface area (Å²) < 4.78 is 32.2. The number of carbonyl (C=O) groups is 2. The van der Waals surface area contributed by atoms with Gasteiger partial charge in [-0.25, -0.2) is 4.98 Å². The van der Waals surface area contributed by atoms with Gasteiger partial charge in [0.15, 0.2) is 5.82 Å². The zero-order chi connectivity index (χ0) is 21.4. The number of imidazole rings is 1. The van der Waals surface area contributed by atoms with Crippen LogP contribution in [0.4, 0.5) is 0 Å². The topological polar surface area (TPSA) is 141 Å². The Morgan fingerprint density at radius 3 is 2.66 bits per heavy atom. The Kier molecular flexibility index (Phi) is 7.46. The lowest BCUT2D eigenvalue weighted by Gasteiger charge is -2.02. The minimum Gasteiger partial charge on any atom is -0.355 e. The Labute approximate surface area is 168 Å². The van der Waals surface area contributed by atoms with Crippen LogP contribution in [0, 0.1) is 0 Å². The van der Waals surface area contributed by atoms with Crippen molar-refractivity contribution in [3.63, 3.8) is 0 Å². The van der Waals surface area contributed by atoms with Gasteiger partial charge in [-0.3, -0.25) is 14.1 Å². The minimum absolute atomic E-state index is 0.00799. The Bertz CT molecular complexity index is 1100. The first-order valence-electron chi connectivity index (χ1n) is 8.70. The van der Waals surface area contributed by atoms with Gasteiger partial charge in [-0.15, -0.1) is 0 Å². The first-order chi connectivity index (χ1) is 13.8. The molecule has 0 saturated carbocycles. The maximum atomic E-state index is 12.3. The molecule has 4 N–H and O–H groups in total. The zero-order valence-electron chi connectivity index (χ0n) is 16.0. The maximum Gasteiger partial charge on any atom is 0.290 e.